The average Bonchev–Trinajstić information content (AvgIpc) is 2.86. The molecule has 1 atom stereocenters. The molecule has 0 aliphatic carbocycles. The molecule has 3 nitrogen and oxygen atoms in total. The SMILES string of the molecule is CCc1ccc(C(N)c2ccc(S(C)(=O)=O)cc2)s1. The number of hydrogen-bond donors (Lipinski definition) is 1. The summed E-state index contributed by atoms with van der Waals surface area (Å²) in [6.45, 7) is 2.11. The highest BCUT2D eigenvalue weighted by molar-refractivity contribution is 7.90. The van der Waals surface area contributed by atoms with E-state index in [4.69, 9.17) is 5.73 Å². The van der Waals surface area contributed by atoms with Gasteiger partial charge in [-0.3, -0.25) is 0 Å². The van der Waals surface area contributed by atoms with Crippen molar-refractivity contribution < 1.29 is 8.42 Å². The Morgan fingerprint density at radius 3 is 2.26 bits per heavy atom. The van der Waals surface area contributed by atoms with Crippen molar-refractivity contribution in [3.63, 3.8) is 0 Å². The second-order valence-corrected chi connectivity index (χ2v) is 7.69. The number of sulfone groups is 1. The van der Waals surface area contributed by atoms with E-state index in [2.05, 4.69) is 13.0 Å². The third-order valence-electron chi connectivity index (χ3n) is 3.00. The van der Waals surface area contributed by atoms with Gasteiger partial charge >= 0.3 is 0 Å². The van der Waals surface area contributed by atoms with Gasteiger partial charge in [0.25, 0.3) is 0 Å². The minimum absolute atomic E-state index is 0.195. The van der Waals surface area contributed by atoms with E-state index in [1.807, 2.05) is 6.07 Å². The summed E-state index contributed by atoms with van der Waals surface area (Å²) in [6, 6.07) is 10.7. The van der Waals surface area contributed by atoms with Gasteiger partial charge in [0.15, 0.2) is 9.84 Å². The summed E-state index contributed by atoms with van der Waals surface area (Å²) >= 11 is 1.70. The molecule has 0 aliphatic heterocycles. The highest BCUT2D eigenvalue weighted by Gasteiger charge is 2.13. The molecule has 0 aliphatic rings. The molecule has 2 aromatic rings. The largest absolute Gasteiger partial charge is 0.320 e. The van der Waals surface area contributed by atoms with Crippen LogP contribution in [0.15, 0.2) is 41.3 Å². The molecule has 1 aromatic heterocycles. The van der Waals surface area contributed by atoms with Crippen molar-refractivity contribution in [2.45, 2.75) is 24.3 Å². The van der Waals surface area contributed by atoms with Crippen LogP contribution < -0.4 is 5.73 Å². The summed E-state index contributed by atoms with van der Waals surface area (Å²) in [6.07, 6.45) is 2.21. The standard InChI is InChI=1S/C14H17NO2S2/c1-3-11-6-9-13(18-11)14(15)10-4-7-12(8-5-10)19(2,16)17/h4-9,14H,3,15H2,1-2H3. The lowest BCUT2D eigenvalue weighted by atomic mass is 10.1. The lowest BCUT2D eigenvalue weighted by molar-refractivity contribution is 0.602. The van der Waals surface area contributed by atoms with Gasteiger partial charge in [0.2, 0.25) is 0 Å². The molecule has 5 heteroatoms. The fraction of sp³-hybridized carbons (Fsp3) is 0.286. The fourth-order valence-corrected chi connectivity index (χ4v) is 3.45. The van der Waals surface area contributed by atoms with E-state index in [9.17, 15) is 8.42 Å². The van der Waals surface area contributed by atoms with Crippen LogP contribution in [0.3, 0.4) is 0 Å². The third kappa shape index (κ3) is 3.23. The van der Waals surface area contributed by atoms with Gasteiger partial charge in [-0.1, -0.05) is 19.1 Å². The van der Waals surface area contributed by atoms with Gasteiger partial charge in [-0.2, -0.15) is 0 Å². The summed E-state index contributed by atoms with van der Waals surface area (Å²) in [5.74, 6) is 0. The molecule has 0 amide bonds. The summed E-state index contributed by atoms with van der Waals surface area (Å²) in [4.78, 5) is 2.73. The minimum Gasteiger partial charge on any atom is -0.320 e. The first-order valence-corrected chi connectivity index (χ1v) is 8.77. The molecular formula is C14H17NO2S2. The van der Waals surface area contributed by atoms with Crippen molar-refractivity contribution in [3.8, 4) is 0 Å². The van der Waals surface area contributed by atoms with Gasteiger partial charge < -0.3 is 5.73 Å². The Balaban J connectivity index is 2.27. The molecule has 0 saturated carbocycles. The number of benzene rings is 1. The van der Waals surface area contributed by atoms with E-state index < -0.39 is 9.84 Å². The predicted octanol–water partition coefficient (Wildman–Crippen LogP) is 2.76. The Hall–Kier alpha value is -1.17. The van der Waals surface area contributed by atoms with Crippen molar-refractivity contribution in [2.75, 3.05) is 6.26 Å². The Bertz CT molecular complexity index is 657. The zero-order chi connectivity index (χ0) is 14.0. The molecule has 0 radical (unpaired) electrons. The number of rotatable bonds is 4. The van der Waals surface area contributed by atoms with E-state index >= 15 is 0 Å². The van der Waals surface area contributed by atoms with Crippen LogP contribution in [-0.4, -0.2) is 14.7 Å². The van der Waals surface area contributed by atoms with E-state index in [0.717, 1.165) is 16.9 Å². The quantitative estimate of drug-likeness (QED) is 0.943. The Labute approximate surface area is 118 Å². The molecule has 1 heterocycles. The second kappa shape index (κ2) is 5.45. The molecule has 1 aromatic carbocycles. The van der Waals surface area contributed by atoms with Gasteiger partial charge in [0, 0.05) is 16.0 Å². The van der Waals surface area contributed by atoms with E-state index in [0.29, 0.717) is 4.90 Å². The van der Waals surface area contributed by atoms with Crippen molar-refractivity contribution >= 4 is 21.2 Å². The number of aryl methyl sites for hydroxylation is 1. The van der Waals surface area contributed by atoms with Crippen molar-refractivity contribution in [1.29, 1.82) is 0 Å². The molecule has 19 heavy (non-hydrogen) atoms. The monoisotopic (exact) mass is 295 g/mol. The molecular weight excluding hydrogens is 278 g/mol. The number of nitrogens with two attached hydrogens (primary N) is 1. The zero-order valence-corrected chi connectivity index (χ0v) is 12.6. The maximum atomic E-state index is 11.4. The number of thiophene rings is 1. The summed E-state index contributed by atoms with van der Waals surface area (Å²) in [5, 5.41) is 0. The van der Waals surface area contributed by atoms with Crippen LogP contribution >= 0.6 is 11.3 Å². The molecule has 102 valence electrons. The van der Waals surface area contributed by atoms with Gasteiger partial charge in [0.05, 0.1) is 10.9 Å². The van der Waals surface area contributed by atoms with Crippen LogP contribution in [0.4, 0.5) is 0 Å². The fourth-order valence-electron chi connectivity index (χ4n) is 1.84. The molecule has 0 bridgehead atoms. The van der Waals surface area contributed by atoms with Crippen LogP contribution in [0.5, 0.6) is 0 Å². The predicted molar refractivity (Wildman–Crippen MR) is 79.3 cm³/mol. The van der Waals surface area contributed by atoms with Crippen LogP contribution in [0.2, 0.25) is 0 Å². The Morgan fingerprint density at radius 2 is 1.79 bits per heavy atom. The van der Waals surface area contributed by atoms with Crippen LogP contribution in [0, 0.1) is 0 Å². The zero-order valence-electron chi connectivity index (χ0n) is 11.0. The maximum Gasteiger partial charge on any atom is 0.175 e. The first kappa shape index (κ1) is 14.2. The lowest BCUT2D eigenvalue weighted by Gasteiger charge is -2.10. The first-order valence-electron chi connectivity index (χ1n) is 6.06. The van der Waals surface area contributed by atoms with Crippen LogP contribution in [0.1, 0.15) is 28.3 Å². The van der Waals surface area contributed by atoms with E-state index in [-0.39, 0.29) is 6.04 Å². The highest BCUT2D eigenvalue weighted by Crippen LogP contribution is 2.27. The van der Waals surface area contributed by atoms with Gasteiger partial charge in [-0.25, -0.2) is 8.42 Å². The van der Waals surface area contributed by atoms with Gasteiger partial charge in [-0.15, -0.1) is 11.3 Å². The van der Waals surface area contributed by atoms with Crippen molar-refractivity contribution in [1.82, 2.24) is 0 Å². The third-order valence-corrected chi connectivity index (χ3v) is 5.45. The van der Waals surface area contributed by atoms with Gasteiger partial charge in [-0.05, 0) is 36.2 Å². The van der Waals surface area contributed by atoms with Crippen molar-refractivity contribution in [3.05, 3.63) is 51.7 Å². The smallest absolute Gasteiger partial charge is 0.175 e. The molecule has 0 saturated heterocycles. The van der Waals surface area contributed by atoms with Crippen LogP contribution in [0.25, 0.3) is 0 Å². The Morgan fingerprint density at radius 1 is 1.16 bits per heavy atom. The normalized spacial score (nSPS) is 13.4. The highest BCUT2D eigenvalue weighted by atomic mass is 32.2. The topological polar surface area (TPSA) is 60.2 Å². The molecule has 0 spiro atoms. The first-order chi connectivity index (χ1) is 8.91. The molecule has 2 N–H and O–H groups in total. The summed E-state index contributed by atoms with van der Waals surface area (Å²) < 4.78 is 22.8. The summed E-state index contributed by atoms with van der Waals surface area (Å²) in [5.41, 5.74) is 7.13. The van der Waals surface area contributed by atoms with E-state index in [1.54, 1.807) is 35.6 Å². The van der Waals surface area contributed by atoms with Gasteiger partial charge in [0.1, 0.15) is 0 Å². The summed E-state index contributed by atoms with van der Waals surface area (Å²) in [7, 11) is -3.15. The second-order valence-electron chi connectivity index (χ2n) is 4.48. The molecule has 0 fully saturated rings. The molecule has 2 rings (SSSR count). The average molecular weight is 295 g/mol. The number of hydrogen-bond acceptors (Lipinski definition) is 4. The maximum absolute atomic E-state index is 11.4. The van der Waals surface area contributed by atoms with Crippen LogP contribution in [-0.2, 0) is 16.3 Å². The molecule has 1 unspecified atom stereocenters. The lowest BCUT2D eigenvalue weighted by Crippen LogP contribution is -2.10. The van der Waals surface area contributed by atoms with E-state index in [1.165, 1.54) is 11.1 Å². The minimum atomic E-state index is -3.15. The Kier molecular flexibility index (Phi) is 4.08. The van der Waals surface area contributed by atoms with Crippen molar-refractivity contribution in [2.24, 2.45) is 5.73 Å².